The molecule has 2 rings (SSSR count). The molecule has 0 saturated carbocycles. The van der Waals surface area contributed by atoms with Gasteiger partial charge in [-0.2, -0.15) is 0 Å². The standard InChI is InChI=1S/C16H19N3O3S2/c1-3-17-16(20)12-5-10-15(18-11-12)23-14-8-6-13(7-9-14)19-24(21,22)4-2/h5-11,19H,3-4H2,1-2H3,(H,17,20). The van der Waals surface area contributed by atoms with Gasteiger partial charge < -0.3 is 5.32 Å². The number of hydrogen-bond donors (Lipinski definition) is 2. The fourth-order valence-corrected chi connectivity index (χ4v) is 3.20. The first-order valence-electron chi connectivity index (χ1n) is 7.46. The second kappa shape index (κ2) is 8.16. The highest BCUT2D eigenvalue weighted by Gasteiger charge is 2.08. The summed E-state index contributed by atoms with van der Waals surface area (Å²) >= 11 is 1.43. The van der Waals surface area contributed by atoms with Crippen molar-refractivity contribution in [2.24, 2.45) is 0 Å². The molecular weight excluding hydrogens is 346 g/mol. The summed E-state index contributed by atoms with van der Waals surface area (Å²) in [6, 6.07) is 10.6. The highest BCUT2D eigenvalue weighted by molar-refractivity contribution is 7.99. The zero-order valence-corrected chi connectivity index (χ0v) is 15.1. The van der Waals surface area contributed by atoms with Crippen LogP contribution in [0.3, 0.4) is 0 Å². The number of benzene rings is 1. The lowest BCUT2D eigenvalue weighted by molar-refractivity contribution is 0.0955. The van der Waals surface area contributed by atoms with E-state index in [0.29, 0.717) is 17.8 Å². The van der Waals surface area contributed by atoms with Gasteiger partial charge in [0.05, 0.1) is 11.3 Å². The van der Waals surface area contributed by atoms with Crippen molar-refractivity contribution in [3.8, 4) is 0 Å². The normalized spacial score (nSPS) is 11.1. The third-order valence-corrected chi connectivity index (χ3v) is 5.33. The molecule has 1 aromatic heterocycles. The van der Waals surface area contributed by atoms with Gasteiger partial charge in [0.2, 0.25) is 10.0 Å². The summed E-state index contributed by atoms with van der Waals surface area (Å²) in [5.74, 6) is -0.111. The van der Waals surface area contributed by atoms with Gasteiger partial charge >= 0.3 is 0 Å². The topological polar surface area (TPSA) is 88.2 Å². The van der Waals surface area contributed by atoms with Gasteiger partial charge in [-0.3, -0.25) is 9.52 Å². The van der Waals surface area contributed by atoms with Crippen LogP contribution in [0.4, 0.5) is 5.69 Å². The summed E-state index contributed by atoms with van der Waals surface area (Å²) in [5.41, 5.74) is 1.05. The highest BCUT2D eigenvalue weighted by Crippen LogP contribution is 2.27. The maximum atomic E-state index is 11.7. The molecule has 24 heavy (non-hydrogen) atoms. The molecular formula is C16H19N3O3S2. The van der Waals surface area contributed by atoms with E-state index < -0.39 is 10.0 Å². The lowest BCUT2D eigenvalue weighted by Crippen LogP contribution is -2.22. The summed E-state index contributed by atoms with van der Waals surface area (Å²) in [4.78, 5) is 16.9. The molecule has 128 valence electrons. The second-order valence-corrected chi connectivity index (χ2v) is 7.98. The Kier molecular flexibility index (Phi) is 6.22. The number of hydrogen-bond acceptors (Lipinski definition) is 5. The number of anilines is 1. The van der Waals surface area contributed by atoms with Crippen LogP contribution >= 0.6 is 11.8 Å². The monoisotopic (exact) mass is 365 g/mol. The molecule has 0 aliphatic heterocycles. The molecule has 0 aliphatic carbocycles. The van der Waals surface area contributed by atoms with E-state index in [1.54, 1.807) is 31.2 Å². The van der Waals surface area contributed by atoms with E-state index in [1.165, 1.54) is 18.0 Å². The first-order valence-corrected chi connectivity index (χ1v) is 9.93. The maximum absolute atomic E-state index is 11.7. The van der Waals surface area contributed by atoms with Crippen LogP contribution in [-0.2, 0) is 10.0 Å². The molecule has 6 nitrogen and oxygen atoms in total. The van der Waals surface area contributed by atoms with Crippen molar-refractivity contribution in [1.29, 1.82) is 0 Å². The number of rotatable bonds is 7. The van der Waals surface area contributed by atoms with Crippen LogP contribution in [0.15, 0.2) is 52.5 Å². The van der Waals surface area contributed by atoms with Crippen LogP contribution in [0.5, 0.6) is 0 Å². The number of amides is 1. The van der Waals surface area contributed by atoms with Gasteiger partial charge in [-0.25, -0.2) is 13.4 Å². The average Bonchev–Trinajstić information content (AvgIpc) is 2.57. The first kappa shape index (κ1) is 18.3. The minimum Gasteiger partial charge on any atom is -0.352 e. The van der Waals surface area contributed by atoms with Crippen molar-refractivity contribution in [2.75, 3.05) is 17.0 Å². The Bertz CT molecular complexity index is 788. The van der Waals surface area contributed by atoms with Crippen LogP contribution in [0.2, 0.25) is 0 Å². The third kappa shape index (κ3) is 5.24. The molecule has 8 heteroatoms. The van der Waals surface area contributed by atoms with Crippen molar-refractivity contribution in [3.63, 3.8) is 0 Å². The maximum Gasteiger partial charge on any atom is 0.252 e. The Morgan fingerprint density at radius 1 is 1.12 bits per heavy atom. The van der Waals surface area contributed by atoms with Crippen LogP contribution < -0.4 is 10.0 Å². The van der Waals surface area contributed by atoms with E-state index in [1.807, 2.05) is 19.1 Å². The molecule has 0 atom stereocenters. The van der Waals surface area contributed by atoms with E-state index in [4.69, 9.17) is 0 Å². The van der Waals surface area contributed by atoms with Crippen molar-refractivity contribution >= 4 is 33.4 Å². The van der Waals surface area contributed by atoms with E-state index in [0.717, 1.165) is 9.92 Å². The molecule has 2 N–H and O–H groups in total. The molecule has 0 unspecified atom stereocenters. The molecule has 0 fully saturated rings. The van der Waals surface area contributed by atoms with Gasteiger partial charge in [-0.05, 0) is 50.2 Å². The van der Waals surface area contributed by atoms with Crippen molar-refractivity contribution < 1.29 is 13.2 Å². The number of carbonyl (C=O) groups excluding carboxylic acids is 1. The summed E-state index contributed by atoms with van der Waals surface area (Å²) in [7, 11) is -3.27. The largest absolute Gasteiger partial charge is 0.352 e. The third-order valence-electron chi connectivity index (χ3n) is 3.07. The number of nitrogens with zero attached hydrogens (tertiary/aromatic N) is 1. The zero-order valence-electron chi connectivity index (χ0n) is 13.4. The second-order valence-electron chi connectivity index (χ2n) is 4.88. The van der Waals surface area contributed by atoms with Crippen LogP contribution in [0.25, 0.3) is 0 Å². The number of carbonyl (C=O) groups is 1. The van der Waals surface area contributed by atoms with Crippen molar-refractivity contribution in [2.45, 2.75) is 23.8 Å². The molecule has 0 saturated heterocycles. The number of aromatic nitrogens is 1. The SMILES string of the molecule is CCNC(=O)c1ccc(Sc2ccc(NS(=O)(=O)CC)cc2)nc1. The minimum absolute atomic E-state index is 0.0331. The van der Waals surface area contributed by atoms with Crippen molar-refractivity contribution in [1.82, 2.24) is 10.3 Å². The van der Waals surface area contributed by atoms with Gasteiger partial charge in [-0.1, -0.05) is 11.8 Å². The fourth-order valence-electron chi connectivity index (χ4n) is 1.80. The van der Waals surface area contributed by atoms with Gasteiger partial charge in [0.1, 0.15) is 5.03 Å². The molecule has 0 aliphatic rings. The van der Waals surface area contributed by atoms with Crippen molar-refractivity contribution in [3.05, 3.63) is 48.2 Å². The Morgan fingerprint density at radius 2 is 1.83 bits per heavy atom. The summed E-state index contributed by atoms with van der Waals surface area (Å²) in [6.45, 7) is 4.02. The molecule has 1 aromatic carbocycles. The smallest absolute Gasteiger partial charge is 0.252 e. The Balaban J connectivity index is 2.02. The van der Waals surface area contributed by atoms with E-state index in [-0.39, 0.29) is 11.7 Å². The Labute approximate surface area is 146 Å². The number of nitrogens with one attached hydrogen (secondary N) is 2. The Morgan fingerprint density at radius 3 is 2.38 bits per heavy atom. The van der Waals surface area contributed by atoms with Gasteiger partial charge in [-0.15, -0.1) is 0 Å². The molecule has 0 spiro atoms. The molecule has 0 bridgehead atoms. The fraction of sp³-hybridized carbons (Fsp3) is 0.250. The lowest BCUT2D eigenvalue weighted by atomic mass is 10.3. The van der Waals surface area contributed by atoms with Crippen LogP contribution in [-0.4, -0.2) is 31.6 Å². The first-order chi connectivity index (χ1) is 11.4. The van der Waals surface area contributed by atoms with E-state index >= 15 is 0 Å². The zero-order chi connectivity index (χ0) is 17.6. The summed E-state index contributed by atoms with van der Waals surface area (Å²) < 4.78 is 25.5. The molecule has 1 amide bonds. The highest BCUT2D eigenvalue weighted by atomic mass is 32.2. The van der Waals surface area contributed by atoms with Crippen LogP contribution in [0.1, 0.15) is 24.2 Å². The Hall–Kier alpha value is -2.06. The van der Waals surface area contributed by atoms with E-state index in [2.05, 4.69) is 15.0 Å². The molecule has 2 aromatic rings. The van der Waals surface area contributed by atoms with E-state index in [9.17, 15) is 13.2 Å². The van der Waals surface area contributed by atoms with Gasteiger partial charge in [0.25, 0.3) is 5.91 Å². The molecule has 1 heterocycles. The summed E-state index contributed by atoms with van der Waals surface area (Å²) in [5, 5.41) is 3.47. The quantitative estimate of drug-likeness (QED) is 0.788. The number of pyridine rings is 1. The average molecular weight is 365 g/mol. The predicted octanol–water partition coefficient (Wildman–Crippen LogP) is 2.74. The van der Waals surface area contributed by atoms with Gasteiger partial charge in [0, 0.05) is 23.3 Å². The summed E-state index contributed by atoms with van der Waals surface area (Å²) in [6.07, 6.45) is 1.54. The molecule has 0 radical (unpaired) electrons. The van der Waals surface area contributed by atoms with Gasteiger partial charge in [0.15, 0.2) is 0 Å². The number of sulfonamides is 1. The van der Waals surface area contributed by atoms with Crippen LogP contribution in [0, 0.1) is 0 Å². The lowest BCUT2D eigenvalue weighted by Gasteiger charge is -2.07. The minimum atomic E-state index is -3.27. The predicted molar refractivity (Wildman–Crippen MR) is 95.9 cm³/mol.